The van der Waals surface area contributed by atoms with Gasteiger partial charge < -0.3 is 19.5 Å². The number of carbonyl (C=O) groups excluding carboxylic acids is 1. The molecular formula is C24H35NO5. The molecule has 1 aliphatic carbocycles. The Morgan fingerprint density at radius 3 is 2.43 bits per heavy atom. The van der Waals surface area contributed by atoms with E-state index in [1.165, 1.54) is 19.3 Å². The normalized spacial score (nSPS) is 24.5. The highest BCUT2D eigenvalue weighted by Crippen LogP contribution is 2.41. The second kappa shape index (κ2) is 9.27. The molecule has 0 radical (unpaired) electrons. The first-order valence-corrected chi connectivity index (χ1v) is 11.2. The fourth-order valence-electron chi connectivity index (χ4n) is 4.49. The molecule has 166 valence electrons. The van der Waals surface area contributed by atoms with Gasteiger partial charge in [-0.3, -0.25) is 0 Å². The van der Waals surface area contributed by atoms with Crippen LogP contribution in [-0.2, 0) is 4.74 Å². The molecule has 1 aliphatic heterocycles. The van der Waals surface area contributed by atoms with E-state index in [4.69, 9.17) is 9.47 Å². The molecule has 0 bridgehead atoms. The monoisotopic (exact) mass is 417 g/mol. The smallest absolute Gasteiger partial charge is 0.410 e. The van der Waals surface area contributed by atoms with Gasteiger partial charge in [0, 0.05) is 13.0 Å². The lowest BCUT2D eigenvalue weighted by Crippen LogP contribution is -2.36. The standard InChI is InChI=1S/C24H35NO5/c1-5-16-6-8-17(9-7-16)20-14-18(22(26)27)10-11-21(20)29-19-12-13-25(15-19)23(28)30-24(2,3)4/h10-11,14,16-17,19H,5-9,12-13,15H2,1-4H3,(H,26,27). The van der Waals surface area contributed by atoms with E-state index in [9.17, 15) is 14.7 Å². The van der Waals surface area contributed by atoms with E-state index in [1.54, 1.807) is 23.1 Å². The summed E-state index contributed by atoms with van der Waals surface area (Å²) < 4.78 is 11.8. The fraction of sp³-hybridized carbons (Fsp3) is 0.667. The number of hydrogen-bond acceptors (Lipinski definition) is 4. The Kier molecular flexibility index (Phi) is 6.94. The van der Waals surface area contributed by atoms with E-state index < -0.39 is 11.6 Å². The zero-order chi connectivity index (χ0) is 21.9. The third kappa shape index (κ3) is 5.67. The number of likely N-dealkylation sites (tertiary alicyclic amines) is 1. The Hall–Kier alpha value is -2.24. The van der Waals surface area contributed by atoms with Gasteiger partial charge in [0.1, 0.15) is 17.5 Å². The number of aromatic carboxylic acids is 1. The van der Waals surface area contributed by atoms with Crippen LogP contribution < -0.4 is 4.74 Å². The maximum atomic E-state index is 12.3. The van der Waals surface area contributed by atoms with Gasteiger partial charge in [-0.05, 0) is 82.1 Å². The van der Waals surface area contributed by atoms with Crippen LogP contribution in [0.1, 0.15) is 88.1 Å². The molecule has 1 amide bonds. The van der Waals surface area contributed by atoms with E-state index >= 15 is 0 Å². The Morgan fingerprint density at radius 2 is 1.83 bits per heavy atom. The summed E-state index contributed by atoms with van der Waals surface area (Å²) in [6.07, 6.45) is 5.99. The van der Waals surface area contributed by atoms with E-state index in [1.807, 2.05) is 20.8 Å². The van der Waals surface area contributed by atoms with E-state index in [-0.39, 0.29) is 12.2 Å². The largest absolute Gasteiger partial charge is 0.488 e. The van der Waals surface area contributed by atoms with E-state index in [0.29, 0.717) is 24.6 Å². The minimum Gasteiger partial charge on any atom is -0.488 e. The van der Waals surface area contributed by atoms with Crippen molar-refractivity contribution in [2.75, 3.05) is 13.1 Å². The molecule has 1 aromatic carbocycles. The molecule has 3 rings (SSSR count). The van der Waals surface area contributed by atoms with Crippen molar-refractivity contribution in [2.24, 2.45) is 5.92 Å². The zero-order valence-corrected chi connectivity index (χ0v) is 18.6. The zero-order valence-electron chi connectivity index (χ0n) is 18.6. The van der Waals surface area contributed by atoms with E-state index in [2.05, 4.69) is 6.92 Å². The summed E-state index contributed by atoms with van der Waals surface area (Å²) in [7, 11) is 0. The van der Waals surface area contributed by atoms with Gasteiger partial charge in [0.25, 0.3) is 0 Å². The molecule has 2 aliphatic rings. The Morgan fingerprint density at radius 1 is 1.13 bits per heavy atom. The first kappa shape index (κ1) is 22.4. The van der Waals surface area contributed by atoms with Gasteiger partial charge in [-0.15, -0.1) is 0 Å². The number of ether oxygens (including phenoxy) is 2. The molecule has 1 saturated carbocycles. The number of amides is 1. The van der Waals surface area contributed by atoms with Crippen molar-refractivity contribution in [3.8, 4) is 5.75 Å². The minimum absolute atomic E-state index is 0.112. The summed E-state index contributed by atoms with van der Waals surface area (Å²) in [4.78, 5) is 25.5. The van der Waals surface area contributed by atoms with Crippen LogP contribution in [0.15, 0.2) is 18.2 Å². The highest BCUT2D eigenvalue weighted by Gasteiger charge is 2.32. The topological polar surface area (TPSA) is 76.1 Å². The first-order valence-electron chi connectivity index (χ1n) is 11.2. The summed E-state index contributed by atoms with van der Waals surface area (Å²) >= 11 is 0. The second-order valence-corrected chi connectivity index (χ2v) is 9.64. The lowest BCUT2D eigenvalue weighted by Gasteiger charge is -2.30. The minimum atomic E-state index is -0.915. The number of carboxylic acids is 1. The molecule has 1 heterocycles. The molecule has 1 N–H and O–H groups in total. The maximum Gasteiger partial charge on any atom is 0.410 e. The number of benzene rings is 1. The van der Waals surface area contributed by atoms with Crippen molar-refractivity contribution >= 4 is 12.1 Å². The van der Waals surface area contributed by atoms with Crippen LogP contribution in [0.5, 0.6) is 5.75 Å². The van der Waals surface area contributed by atoms with Crippen molar-refractivity contribution in [3.63, 3.8) is 0 Å². The SMILES string of the molecule is CCC1CCC(c2cc(C(=O)O)ccc2OC2CCN(C(=O)OC(C)(C)C)C2)CC1. The third-order valence-corrected chi connectivity index (χ3v) is 6.21. The molecule has 30 heavy (non-hydrogen) atoms. The molecule has 0 aromatic heterocycles. The number of rotatable bonds is 5. The average Bonchev–Trinajstić information content (AvgIpc) is 3.16. The predicted octanol–water partition coefficient (Wildman–Crippen LogP) is 5.46. The summed E-state index contributed by atoms with van der Waals surface area (Å²) in [6.45, 7) is 8.90. The first-order chi connectivity index (χ1) is 14.2. The van der Waals surface area contributed by atoms with Crippen LogP contribution in [0, 0.1) is 5.92 Å². The van der Waals surface area contributed by atoms with Gasteiger partial charge in [-0.1, -0.05) is 13.3 Å². The van der Waals surface area contributed by atoms with Crippen molar-refractivity contribution in [2.45, 2.75) is 83.8 Å². The average molecular weight is 418 g/mol. The molecule has 6 heteroatoms. The molecule has 1 unspecified atom stereocenters. The van der Waals surface area contributed by atoms with Crippen molar-refractivity contribution in [1.82, 2.24) is 4.90 Å². The van der Waals surface area contributed by atoms with Crippen LogP contribution in [0.25, 0.3) is 0 Å². The number of hydrogen-bond donors (Lipinski definition) is 1. The quantitative estimate of drug-likeness (QED) is 0.689. The molecule has 2 fully saturated rings. The number of nitrogens with zero attached hydrogens (tertiary/aromatic N) is 1. The van der Waals surface area contributed by atoms with Gasteiger partial charge in [-0.25, -0.2) is 9.59 Å². The molecule has 1 saturated heterocycles. The Bertz CT molecular complexity index is 761. The fourth-order valence-corrected chi connectivity index (χ4v) is 4.49. The molecular weight excluding hydrogens is 382 g/mol. The van der Waals surface area contributed by atoms with Gasteiger partial charge in [0.15, 0.2) is 0 Å². The van der Waals surface area contributed by atoms with Gasteiger partial charge in [-0.2, -0.15) is 0 Å². The number of carboxylic acid groups (broad SMARTS) is 1. The summed E-state index contributed by atoms with van der Waals surface area (Å²) in [5.74, 6) is 0.939. The van der Waals surface area contributed by atoms with Gasteiger partial charge >= 0.3 is 12.1 Å². The van der Waals surface area contributed by atoms with Gasteiger partial charge in [0.05, 0.1) is 12.1 Å². The molecule has 1 aromatic rings. The highest BCUT2D eigenvalue weighted by molar-refractivity contribution is 5.88. The van der Waals surface area contributed by atoms with Crippen LogP contribution in [0.4, 0.5) is 4.79 Å². The Balaban J connectivity index is 1.71. The van der Waals surface area contributed by atoms with Crippen molar-refractivity contribution in [3.05, 3.63) is 29.3 Å². The van der Waals surface area contributed by atoms with Crippen LogP contribution >= 0.6 is 0 Å². The summed E-state index contributed by atoms with van der Waals surface area (Å²) in [6, 6.07) is 5.19. The van der Waals surface area contributed by atoms with Crippen LogP contribution in [-0.4, -0.2) is 46.9 Å². The van der Waals surface area contributed by atoms with Crippen LogP contribution in [0.3, 0.4) is 0 Å². The molecule has 1 atom stereocenters. The second-order valence-electron chi connectivity index (χ2n) is 9.64. The third-order valence-electron chi connectivity index (χ3n) is 6.21. The van der Waals surface area contributed by atoms with Gasteiger partial charge in [0.2, 0.25) is 0 Å². The molecule has 6 nitrogen and oxygen atoms in total. The maximum absolute atomic E-state index is 12.3. The summed E-state index contributed by atoms with van der Waals surface area (Å²) in [5, 5.41) is 9.45. The van der Waals surface area contributed by atoms with Crippen molar-refractivity contribution < 1.29 is 24.2 Å². The summed E-state index contributed by atoms with van der Waals surface area (Å²) in [5.41, 5.74) is 0.782. The predicted molar refractivity (Wildman–Crippen MR) is 115 cm³/mol. The van der Waals surface area contributed by atoms with E-state index in [0.717, 1.165) is 36.5 Å². The van der Waals surface area contributed by atoms with Crippen LogP contribution in [0.2, 0.25) is 0 Å². The lowest BCUT2D eigenvalue weighted by molar-refractivity contribution is 0.0275. The molecule has 0 spiro atoms. The van der Waals surface area contributed by atoms with Crippen molar-refractivity contribution in [1.29, 1.82) is 0 Å². The highest BCUT2D eigenvalue weighted by atomic mass is 16.6. The number of carbonyl (C=O) groups is 2. The Labute approximate surface area is 179 Å². The lowest BCUT2D eigenvalue weighted by atomic mass is 9.77.